The molecule has 2 aliphatic rings. The first-order valence-electron chi connectivity index (χ1n) is 8.63. The van der Waals surface area contributed by atoms with Crippen molar-refractivity contribution in [3.05, 3.63) is 35.4 Å². The summed E-state index contributed by atoms with van der Waals surface area (Å²) in [5.41, 5.74) is 5.87. The second-order valence-electron chi connectivity index (χ2n) is 7.27. The van der Waals surface area contributed by atoms with E-state index in [1.165, 1.54) is 0 Å². The molecule has 2 heterocycles. The van der Waals surface area contributed by atoms with Crippen LogP contribution in [-0.2, 0) is 11.3 Å². The number of primary amides is 1. The van der Waals surface area contributed by atoms with Gasteiger partial charge in [0.05, 0.1) is 0 Å². The van der Waals surface area contributed by atoms with E-state index >= 15 is 0 Å². The minimum absolute atomic E-state index is 0.208. The number of piperidine rings is 1. The molecule has 0 saturated carbocycles. The highest BCUT2D eigenvalue weighted by molar-refractivity contribution is 5.73. The quantitative estimate of drug-likeness (QED) is 0.895. The summed E-state index contributed by atoms with van der Waals surface area (Å²) in [6.07, 6.45) is 3.71. The van der Waals surface area contributed by atoms with Gasteiger partial charge in [0.2, 0.25) is 5.91 Å². The minimum Gasteiger partial charge on any atom is -0.370 e. The number of carbonyl (C=O) groups is 1. The number of benzene rings is 1. The maximum Gasteiger partial charge on any atom is 0.218 e. The zero-order valence-corrected chi connectivity index (χ0v) is 13.9. The summed E-state index contributed by atoms with van der Waals surface area (Å²) in [6, 6.07) is 4.38. The number of rotatable bonds is 5. The third-order valence-electron chi connectivity index (χ3n) is 5.36. The molecule has 1 spiro atoms. The van der Waals surface area contributed by atoms with E-state index in [2.05, 4.69) is 9.80 Å². The molecule has 2 N–H and O–H groups in total. The van der Waals surface area contributed by atoms with Crippen LogP contribution >= 0.6 is 0 Å². The van der Waals surface area contributed by atoms with Crippen molar-refractivity contribution in [1.82, 2.24) is 9.80 Å². The number of halogens is 2. The van der Waals surface area contributed by atoms with Crippen molar-refractivity contribution in [1.29, 1.82) is 0 Å². The molecule has 4 nitrogen and oxygen atoms in total. The smallest absolute Gasteiger partial charge is 0.218 e. The second kappa shape index (κ2) is 7.15. The molecule has 2 fully saturated rings. The zero-order valence-electron chi connectivity index (χ0n) is 13.9. The second-order valence-corrected chi connectivity index (χ2v) is 7.27. The number of nitrogens with two attached hydrogens (primary N) is 1. The van der Waals surface area contributed by atoms with Crippen LogP contribution in [-0.4, -0.2) is 48.4 Å². The van der Waals surface area contributed by atoms with Gasteiger partial charge in [-0.2, -0.15) is 0 Å². The molecule has 1 aromatic carbocycles. The van der Waals surface area contributed by atoms with Gasteiger partial charge in [-0.15, -0.1) is 0 Å². The largest absolute Gasteiger partial charge is 0.370 e. The number of carbonyl (C=O) groups excluding carboxylic acids is 1. The normalized spacial score (nSPS) is 25.4. The molecule has 0 aliphatic carbocycles. The van der Waals surface area contributed by atoms with Crippen LogP contribution in [0.1, 0.15) is 31.2 Å². The standard InChI is InChI=1S/C18H25F2N3O/c19-15-4-1-3-14(17(15)20)11-23-8-2-6-18(13-23)7-10-22(12-18)9-5-16(21)24/h1,3-4H,2,5-13H2,(H2,21,24)/t18-/m1/s1. The lowest BCUT2D eigenvalue weighted by Gasteiger charge is -2.40. The van der Waals surface area contributed by atoms with Gasteiger partial charge in [0, 0.05) is 38.2 Å². The Hall–Kier alpha value is -1.53. The van der Waals surface area contributed by atoms with E-state index in [4.69, 9.17) is 5.73 Å². The fourth-order valence-electron chi connectivity index (χ4n) is 4.18. The summed E-state index contributed by atoms with van der Waals surface area (Å²) < 4.78 is 27.3. The van der Waals surface area contributed by atoms with Crippen LogP contribution in [0.25, 0.3) is 0 Å². The van der Waals surface area contributed by atoms with Crippen LogP contribution in [0.4, 0.5) is 8.78 Å². The summed E-state index contributed by atoms with van der Waals surface area (Å²) >= 11 is 0. The van der Waals surface area contributed by atoms with E-state index in [1.807, 2.05) is 0 Å². The third kappa shape index (κ3) is 3.92. The lowest BCUT2D eigenvalue weighted by atomic mass is 9.79. The molecule has 24 heavy (non-hydrogen) atoms. The molecule has 1 atom stereocenters. The monoisotopic (exact) mass is 337 g/mol. The van der Waals surface area contributed by atoms with Gasteiger partial charge in [-0.05, 0) is 43.8 Å². The highest BCUT2D eigenvalue weighted by atomic mass is 19.2. The number of nitrogens with zero attached hydrogens (tertiary/aromatic N) is 2. The molecule has 2 aliphatic heterocycles. The van der Waals surface area contributed by atoms with Gasteiger partial charge in [-0.1, -0.05) is 12.1 Å². The Bertz CT molecular complexity index is 610. The first kappa shape index (κ1) is 17.3. The lowest BCUT2D eigenvalue weighted by molar-refractivity contribution is -0.118. The number of hydrogen-bond donors (Lipinski definition) is 1. The van der Waals surface area contributed by atoms with Crippen LogP contribution in [0.3, 0.4) is 0 Å². The maximum absolute atomic E-state index is 13.9. The van der Waals surface area contributed by atoms with E-state index in [0.29, 0.717) is 18.5 Å². The van der Waals surface area contributed by atoms with Crippen molar-refractivity contribution in [3.63, 3.8) is 0 Å². The Labute approximate surface area is 141 Å². The molecule has 0 aromatic heterocycles. The molecular formula is C18H25F2N3O. The summed E-state index contributed by atoms with van der Waals surface area (Å²) in [5.74, 6) is -1.77. The predicted octanol–water partition coefficient (Wildman–Crippen LogP) is 2.13. The van der Waals surface area contributed by atoms with Crippen molar-refractivity contribution in [2.24, 2.45) is 11.1 Å². The average Bonchev–Trinajstić information content (AvgIpc) is 2.92. The summed E-state index contributed by atoms with van der Waals surface area (Å²) in [5, 5.41) is 0. The summed E-state index contributed by atoms with van der Waals surface area (Å²) in [6.45, 7) is 4.93. The number of hydrogen-bond acceptors (Lipinski definition) is 3. The van der Waals surface area contributed by atoms with Crippen molar-refractivity contribution in [2.45, 2.75) is 32.2 Å². The third-order valence-corrected chi connectivity index (χ3v) is 5.36. The molecule has 6 heteroatoms. The van der Waals surface area contributed by atoms with Gasteiger partial charge < -0.3 is 10.6 Å². The van der Waals surface area contributed by atoms with E-state index in [0.717, 1.165) is 58.1 Å². The van der Waals surface area contributed by atoms with Gasteiger partial charge in [0.15, 0.2) is 11.6 Å². The van der Waals surface area contributed by atoms with Crippen molar-refractivity contribution >= 4 is 5.91 Å². The fraction of sp³-hybridized carbons (Fsp3) is 0.611. The van der Waals surface area contributed by atoms with Gasteiger partial charge >= 0.3 is 0 Å². The Kier molecular flexibility index (Phi) is 5.15. The number of amides is 1. The van der Waals surface area contributed by atoms with Gasteiger partial charge in [-0.25, -0.2) is 8.78 Å². The molecule has 1 amide bonds. The van der Waals surface area contributed by atoms with Gasteiger partial charge in [-0.3, -0.25) is 9.69 Å². The summed E-state index contributed by atoms with van der Waals surface area (Å²) in [4.78, 5) is 15.5. The molecule has 2 saturated heterocycles. The topological polar surface area (TPSA) is 49.6 Å². The molecular weight excluding hydrogens is 312 g/mol. The summed E-state index contributed by atoms with van der Waals surface area (Å²) in [7, 11) is 0. The maximum atomic E-state index is 13.9. The molecule has 0 unspecified atom stereocenters. The van der Waals surface area contributed by atoms with E-state index in [1.54, 1.807) is 12.1 Å². The van der Waals surface area contributed by atoms with E-state index in [9.17, 15) is 13.6 Å². The first-order valence-corrected chi connectivity index (χ1v) is 8.63. The lowest BCUT2D eigenvalue weighted by Crippen LogP contribution is -2.44. The first-order chi connectivity index (χ1) is 11.5. The van der Waals surface area contributed by atoms with Crippen molar-refractivity contribution in [2.75, 3.05) is 32.7 Å². The van der Waals surface area contributed by atoms with E-state index < -0.39 is 11.6 Å². The Morgan fingerprint density at radius 3 is 2.75 bits per heavy atom. The van der Waals surface area contributed by atoms with Crippen molar-refractivity contribution < 1.29 is 13.6 Å². The molecule has 0 bridgehead atoms. The molecule has 0 radical (unpaired) electrons. The Balaban J connectivity index is 1.60. The Morgan fingerprint density at radius 2 is 1.96 bits per heavy atom. The highest BCUT2D eigenvalue weighted by Crippen LogP contribution is 2.39. The fourth-order valence-corrected chi connectivity index (χ4v) is 4.18. The average molecular weight is 337 g/mol. The van der Waals surface area contributed by atoms with E-state index in [-0.39, 0.29) is 11.3 Å². The van der Waals surface area contributed by atoms with Crippen LogP contribution in [0.15, 0.2) is 18.2 Å². The zero-order chi connectivity index (χ0) is 17.2. The molecule has 132 valence electrons. The Morgan fingerprint density at radius 1 is 1.17 bits per heavy atom. The minimum atomic E-state index is -0.780. The van der Waals surface area contributed by atoms with Gasteiger partial charge in [0.25, 0.3) is 0 Å². The number of likely N-dealkylation sites (tertiary alicyclic amines) is 2. The predicted molar refractivity (Wildman–Crippen MR) is 88.2 cm³/mol. The van der Waals surface area contributed by atoms with Crippen LogP contribution < -0.4 is 5.73 Å². The van der Waals surface area contributed by atoms with Crippen LogP contribution in [0, 0.1) is 17.0 Å². The highest BCUT2D eigenvalue weighted by Gasteiger charge is 2.41. The molecule has 3 rings (SSSR count). The SMILES string of the molecule is NC(=O)CCN1CC[C@]2(CCCN(Cc3cccc(F)c3F)C2)C1. The van der Waals surface area contributed by atoms with Crippen LogP contribution in [0.2, 0.25) is 0 Å². The van der Waals surface area contributed by atoms with Gasteiger partial charge in [0.1, 0.15) is 0 Å². The molecule has 1 aromatic rings. The van der Waals surface area contributed by atoms with Crippen molar-refractivity contribution in [3.8, 4) is 0 Å². The van der Waals surface area contributed by atoms with Crippen LogP contribution in [0.5, 0.6) is 0 Å².